The fourth-order valence-corrected chi connectivity index (χ4v) is 4.05. The predicted molar refractivity (Wildman–Crippen MR) is 81.5 cm³/mol. The first-order chi connectivity index (χ1) is 9.66. The van der Waals surface area contributed by atoms with E-state index in [1.54, 1.807) is 6.07 Å². The summed E-state index contributed by atoms with van der Waals surface area (Å²) in [7, 11) is 0. The quantitative estimate of drug-likeness (QED) is 0.915. The molecular formula is C17H25FN2. The molecule has 2 fully saturated rings. The van der Waals surface area contributed by atoms with Crippen molar-refractivity contribution in [3.05, 3.63) is 29.6 Å². The Labute approximate surface area is 121 Å². The molecule has 0 radical (unpaired) electrons. The Morgan fingerprint density at radius 3 is 2.90 bits per heavy atom. The lowest BCUT2D eigenvalue weighted by atomic mass is 9.85. The molecular weight excluding hydrogens is 251 g/mol. The van der Waals surface area contributed by atoms with Crippen LogP contribution in [0.5, 0.6) is 0 Å². The van der Waals surface area contributed by atoms with Crippen molar-refractivity contribution in [1.82, 2.24) is 0 Å². The van der Waals surface area contributed by atoms with E-state index >= 15 is 0 Å². The van der Waals surface area contributed by atoms with E-state index in [0.29, 0.717) is 12.5 Å². The molecule has 1 aliphatic heterocycles. The van der Waals surface area contributed by atoms with Gasteiger partial charge in [-0.15, -0.1) is 0 Å². The third-order valence-electron chi connectivity index (χ3n) is 4.94. The summed E-state index contributed by atoms with van der Waals surface area (Å²) < 4.78 is 14.2. The molecule has 2 aliphatic rings. The SMILES string of the molecule is CC(N)Cc1c(F)cccc1N1CCC2CCCCC21. The standard InChI is InChI=1S/C17H25FN2/c1-12(19)11-14-15(18)6-4-8-17(14)20-10-9-13-5-2-3-7-16(13)20/h4,6,8,12-13,16H,2-3,5,7,9-11,19H2,1H3. The molecule has 110 valence electrons. The smallest absolute Gasteiger partial charge is 0.128 e. The maximum Gasteiger partial charge on any atom is 0.128 e. The highest BCUT2D eigenvalue weighted by molar-refractivity contribution is 5.56. The van der Waals surface area contributed by atoms with E-state index in [9.17, 15) is 4.39 Å². The second-order valence-electron chi connectivity index (χ2n) is 6.51. The number of halogens is 1. The Bertz CT molecular complexity index is 472. The second-order valence-corrected chi connectivity index (χ2v) is 6.51. The Morgan fingerprint density at radius 2 is 2.10 bits per heavy atom. The number of benzene rings is 1. The second kappa shape index (κ2) is 5.72. The van der Waals surface area contributed by atoms with Crippen LogP contribution in [0, 0.1) is 11.7 Å². The van der Waals surface area contributed by atoms with Crippen molar-refractivity contribution >= 4 is 5.69 Å². The zero-order valence-electron chi connectivity index (χ0n) is 12.3. The van der Waals surface area contributed by atoms with E-state index in [1.165, 1.54) is 32.1 Å². The van der Waals surface area contributed by atoms with Crippen LogP contribution in [0.4, 0.5) is 10.1 Å². The zero-order valence-corrected chi connectivity index (χ0v) is 12.3. The number of nitrogens with zero attached hydrogens (tertiary/aromatic N) is 1. The number of fused-ring (bicyclic) bond motifs is 1. The number of hydrogen-bond donors (Lipinski definition) is 1. The van der Waals surface area contributed by atoms with Gasteiger partial charge in [-0.2, -0.15) is 0 Å². The van der Waals surface area contributed by atoms with Crippen LogP contribution in [0.1, 0.15) is 44.6 Å². The lowest BCUT2D eigenvalue weighted by Gasteiger charge is -2.34. The molecule has 1 aliphatic carbocycles. The minimum atomic E-state index is -0.0981. The lowest BCUT2D eigenvalue weighted by molar-refractivity contribution is 0.342. The van der Waals surface area contributed by atoms with Crippen molar-refractivity contribution in [2.24, 2.45) is 11.7 Å². The highest BCUT2D eigenvalue weighted by Gasteiger charge is 2.36. The maximum absolute atomic E-state index is 14.2. The van der Waals surface area contributed by atoms with Crippen molar-refractivity contribution in [3.8, 4) is 0 Å². The van der Waals surface area contributed by atoms with Crippen LogP contribution in [0.3, 0.4) is 0 Å². The van der Waals surface area contributed by atoms with Gasteiger partial charge < -0.3 is 10.6 Å². The fraction of sp³-hybridized carbons (Fsp3) is 0.647. The number of rotatable bonds is 3. The van der Waals surface area contributed by atoms with Gasteiger partial charge in [0.15, 0.2) is 0 Å². The number of nitrogens with two attached hydrogens (primary N) is 1. The Morgan fingerprint density at radius 1 is 1.30 bits per heavy atom. The molecule has 2 nitrogen and oxygen atoms in total. The molecule has 1 saturated carbocycles. The summed E-state index contributed by atoms with van der Waals surface area (Å²) in [6.07, 6.45) is 7.17. The van der Waals surface area contributed by atoms with Crippen LogP contribution < -0.4 is 10.6 Å². The molecule has 3 heteroatoms. The van der Waals surface area contributed by atoms with Gasteiger partial charge in [0.1, 0.15) is 5.82 Å². The van der Waals surface area contributed by atoms with Gasteiger partial charge in [-0.3, -0.25) is 0 Å². The molecule has 1 saturated heterocycles. The Kier molecular flexibility index (Phi) is 3.97. The van der Waals surface area contributed by atoms with Gasteiger partial charge in [-0.25, -0.2) is 4.39 Å². The first-order valence-electron chi connectivity index (χ1n) is 7.96. The lowest BCUT2D eigenvalue weighted by Crippen LogP contribution is -2.35. The van der Waals surface area contributed by atoms with Gasteiger partial charge >= 0.3 is 0 Å². The van der Waals surface area contributed by atoms with Crippen molar-refractivity contribution in [2.45, 2.75) is 57.5 Å². The number of hydrogen-bond acceptors (Lipinski definition) is 2. The summed E-state index contributed by atoms with van der Waals surface area (Å²) in [6.45, 7) is 3.02. The number of anilines is 1. The summed E-state index contributed by atoms with van der Waals surface area (Å²) in [6, 6.07) is 6.10. The molecule has 1 aromatic rings. The summed E-state index contributed by atoms with van der Waals surface area (Å²) in [4.78, 5) is 2.46. The van der Waals surface area contributed by atoms with Crippen LogP contribution >= 0.6 is 0 Å². The summed E-state index contributed by atoms with van der Waals surface area (Å²) in [5.41, 5.74) is 7.82. The van der Waals surface area contributed by atoms with Gasteiger partial charge in [0, 0.05) is 29.9 Å². The normalized spacial score (nSPS) is 27.4. The molecule has 20 heavy (non-hydrogen) atoms. The average molecular weight is 276 g/mol. The topological polar surface area (TPSA) is 29.3 Å². The van der Waals surface area contributed by atoms with Gasteiger partial charge in [-0.05, 0) is 50.7 Å². The fourth-order valence-electron chi connectivity index (χ4n) is 4.05. The molecule has 0 spiro atoms. The third-order valence-corrected chi connectivity index (χ3v) is 4.94. The molecule has 0 amide bonds. The average Bonchev–Trinajstić information content (AvgIpc) is 2.84. The van der Waals surface area contributed by atoms with Crippen LogP contribution in [0.2, 0.25) is 0 Å². The predicted octanol–water partition coefficient (Wildman–Crippen LogP) is 3.48. The summed E-state index contributed by atoms with van der Waals surface area (Å²) in [5, 5.41) is 0. The van der Waals surface area contributed by atoms with E-state index in [1.807, 2.05) is 13.0 Å². The first kappa shape index (κ1) is 13.9. The molecule has 3 atom stereocenters. The van der Waals surface area contributed by atoms with E-state index in [0.717, 1.165) is 23.7 Å². The van der Waals surface area contributed by atoms with E-state index in [4.69, 9.17) is 5.73 Å². The minimum Gasteiger partial charge on any atom is -0.368 e. The largest absolute Gasteiger partial charge is 0.368 e. The molecule has 0 aromatic heterocycles. The highest BCUT2D eigenvalue weighted by Crippen LogP contribution is 2.40. The zero-order chi connectivity index (χ0) is 14.1. The van der Waals surface area contributed by atoms with E-state index in [-0.39, 0.29) is 11.9 Å². The van der Waals surface area contributed by atoms with Crippen LogP contribution in [-0.4, -0.2) is 18.6 Å². The molecule has 2 N–H and O–H groups in total. The van der Waals surface area contributed by atoms with Crippen molar-refractivity contribution in [3.63, 3.8) is 0 Å². The Balaban J connectivity index is 1.91. The van der Waals surface area contributed by atoms with Gasteiger partial charge in [0.25, 0.3) is 0 Å². The Hall–Kier alpha value is -1.09. The van der Waals surface area contributed by atoms with Crippen molar-refractivity contribution in [2.75, 3.05) is 11.4 Å². The van der Waals surface area contributed by atoms with Crippen LogP contribution in [0.25, 0.3) is 0 Å². The van der Waals surface area contributed by atoms with Crippen molar-refractivity contribution in [1.29, 1.82) is 0 Å². The summed E-state index contributed by atoms with van der Waals surface area (Å²) >= 11 is 0. The molecule has 3 rings (SSSR count). The summed E-state index contributed by atoms with van der Waals surface area (Å²) in [5.74, 6) is 0.717. The first-order valence-corrected chi connectivity index (χ1v) is 7.96. The van der Waals surface area contributed by atoms with E-state index in [2.05, 4.69) is 11.0 Å². The monoisotopic (exact) mass is 276 g/mol. The van der Waals surface area contributed by atoms with Crippen LogP contribution in [0.15, 0.2) is 18.2 Å². The van der Waals surface area contributed by atoms with Crippen LogP contribution in [-0.2, 0) is 6.42 Å². The van der Waals surface area contributed by atoms with Gasteiger partial charge in [-0.1, -0.05) is 18.9 Å². The van der Waals surface area contributed by atoms with Gasteiger partial charge in [0.2, 0.25) is 0 Å². The molecule has 1 aromatic carbocycles. The van der Waals surface area contributed by atoms with Crippen molar-refractivity contribution < 1.29 is 4.39 Å². The van der Waals surface area contributed by atoms with E-state index < -0.39 is 0 Å². The minimum absolute atomic E-state index is 0.00425. The molecule has 3 unspecified atom stereocenters. The maximum atomic E-state index is 14.2. The van der Waals surface area contributed by atoms with Gasteiger partial charge in [0.05, 0.1) is 0 Å². The molecule has 1 heterocycles. The third kappa shape index (κ3) is 2.56. The highest BCUT2D eigenvalue weighted by atomic mass is 19.1. The molecule has 0 bridgehead atoms.